The summed E-state index contributed by atoms with van der Waals surface area (Å²) in [5, 5.41) is 9.83. The maximum Gasteiger partial charge on any atom is 0.213 e. The Morgan fingerprint density at radius 2 is 1.97 bits per heavy atom. The van der Waals surface area contributed by atoms with Crippen LogP contribution in [0.2, 0.25) is 0 Å². The van der Waals surface area contributed by atoms with E-state index in [0.29, 0.717) is 37.2 Å². The predicted octanol–water partition coefficient (Wildman–Crippen LogP) is 6.93. The lowest BCUT2D eigenvalue weighted by Gasteiger charge is -2.17. The van der Waals surface area contributed by atoms with Gasteiger partial charge in [0, 0.05) is 23.7 Å². The normalized spacial score (nSPS) is 18.7. The van der Waals surface area contributed by atoms with Crippen molar-refractivity contribution in [2.45, 2.75) is 66.1 Å². The summed E-state index contributed by atoms with van der Waals surface area (Å²) in [6, 6.07) is 12.2. The van der Waals surface area contributed by atoms with Crippen molar-refractivity contribution in [2.24, 2.45) is 5.92 Å². The number of aromatic nitrogens is 1. The lowest BCUT2D eigenvalue weighted by atomic mass is 10.0. The molecule has 33 heavy (non-hydrogen) atoms. The highest BCUT2D eigenvalue weighted by molar-refractivity contribution is 5.66. The fourth-order valence-electron chi connectivity index (χ4n) is 4.11. The molecule has 0 spiro atoms. The minimum absolute atomic E-state index is 0.427. The van der Waals surface area contributed by atoms with E-state index < -0.39 is 5.60 Å². The fourth-order valence-corrected chi connectivity index (χ4v) is 4.11. The smallest absolute Gasteiger partial charge is 0.213 e. The van der Waals surface area contributed by atoms with Crippen LogP contribution in [0.1, 0.15) is 58.2 Å². The minimum Gasteiger partial charge on any atom is -0.490 e. The van der Waals surface area contributed by atoms with Gasteiger partial charge in [0.15, 0.2) is 0 Å². The molecule has 0 amide bonds. The van der Waals surface area contributed by atoms with Gasteiger partial charge in [-0.25, -0.2) is 4.98 Å². The van der Waals surface area contributed by atoms with E-state index in [2.05, 4.69) is 55.8 Å². The van der Waals surface area contributed by atoms with Crippen LogP contribution in [0.25, 0.3) is 11.1 Å². The molecule has 0 radical (unpaired) electrons. The average molecular weight is 448 g/mol. The van der Waals surface area contributed by atoms with E-state index in [1.807, 2.05) is 25.1 Å². The molecule has 1 unspecified atom stereocenters. The van der Waals surface area contributed by atoms with Gasteiger partial charge in [-0.3, -0.25) is 0 Å². The third kappa shape index (κ3) is 7.33. The van der Waals surface area contributed by atoms with E-state index >= 15 is 0 Å². The van der Waals surface area contributed by atoms with Gasteiger partial charge >= 0.3 is 0 Å². The largest absolute Gasteiger partial charge is 0.490 e. The Balaban J connectivity index is 1.63. The standard InChI is InChI=1S/C29H37NO3/c1-7-24-15-20(2)16-26(24)17-21(3)33-19-23-9-8-10-25(18-23)27-11-12-28(30-22(27)4)32-14-13-29(5,6)31/h7-12,17-18,20,31H,3,13-16,19H2,1-2,4-6H3/b24-7-,26-17-. The average Bonchev–Trinajstić information content (AvgIpc) is 3.10. The van der Waals surface area contributed by atoms with E-state index in [4.69, 9.17) is 9.47 Å². The third-order valence-electron chi connectivity index (χ3n) is 5.92. The Kier molecular flexibility index (Phi) is 8.15. The zero-order valence-electron chi connectivity index (χ0n) is 20.6. The van der Waals surface area contributed by atoms with Gasteiger partial charge in [0.1, 0.15) is 12.4 Å². The van der Waals surface area contributed by atoms with Crippen LogP contribution in [0.5, 0.6) is 5.88 Å². The highest BCUT2D eigenvalue weighted by atomic mass is 16.5. The van der Waals surface area contributed by atoms with Crippen LogP contribution < -0.4 is 4.74 Å². The van der Waals surface area contributed by atoms with Crippen molar-refractivity contribution in [3.8, 4) is 17.0 Å². The maximum atomic E-state index is 9.83. The van der Waals surface area contributed by atoms with Gasteiger partial charge in [0.2, 0.25) is 5.88 Å². The first-order chi connectivity index (χ1) is 15.6. The number of hydrogen-bond donors (Lipinski definition) is 1. The first-order valence-corrected chi connectivity index (χ1v) is 11.7. The number of pyridine rings is 1. The molecule has 3 rings (SSSR count). The Morgan fingerprint density at radius 3 is 2.67 bits per heavy atom. The van der Waals surface area contributed by atoms with E-state index in [-0.39, 0.29) is 0 Å². The molecule has 1 N–H and O–H groups in total. The van der Waals surface area contributed by atoms with Crippen molar-refractivity contribution in [1.82, 2.24) is 4.98 Å². The van der Waals surface area contributed by atoms with E-state index in [0.717, 1.165) is 35.2 Å². The topological polar surface area (TPSA) is 51.6 Å². The molecule has 2 aromatic rings. The second-order valence-electron chi connectivity index (χ2n) is 9.65. The molecule has 4 nitrogen and oxygen atoms in total. The maximum absolute atomic E-state index is 9.83. The Hall–Kier alpha value is -2.85. The van der Waals surface area contributed by atoms with Crippen LogP contribution in [0.4, 0.5) is 0 Å². The monoisotopic (exact) mass is 447 g/mol. The fraction of sp³-hybridized carbons (Fsp3) is 0.414. The first-order valence-electron chi connectivity index (χ1n) is 11.7. The van der Waals surface area contributed by atoms with Crippen molar-refractivity contribution in [3.63, 3.8) is 0 Å². The molecule has 1 saturated carbocycles. The van der Waals surface area contributed by atoms with Crippen LogP contribution in [0.3, 0.4) is 0 Å². The molecule has 0 bridgehead atoms. The van der Waals surface area contributed by atoms with Crippen molar-refractivity contribution in [3.05, 3.63) is 83.3 Å². The van der Waals surface area contributed by atoms with Crippen molar-refractivity contribution < 1.29 is 14.6 Å². The predicted molar refractivity (Wildman–Crippen MR) is 135 cm³/mol. The number of aliphatic hydroxyl groups is 1. The van der Waals surface area contributed by atoms with Crippen LogP contribution >= 0.6 is 0 Å². The van der Waals surface area contributed by atoms with Crippen LogP contribution in [0.15, 0.2) is 72.0 Å². The molecule has 1 heterocycles. The van der Waals surface area contributed by atoms with Crippen LogP contribution in [-0.2, 0) is 11.3 Å². The van der Waals surface area contributed by atoms with Gasteiger partial charge in [-0.15, -0.1) is 0 Å². The molecule has 1 fully saturated rings. The van der Waals surface area contributed by atoms with Crippen molar-refractivity contribution in [1.29, 1.82) is 0 Å². The summed E-state index contributed by atoms with van der Waals surface area (Å²) in [7, 11) is 0. The number of aryl methyl sites for hydroxylation is 1. The molecular weight excluding hydrogens is 410 g/mol. The summed E-state index contributed by atoms with van der Waals surface area (Å²) in [6.45, 7) is 14.9. The summed E-state index contributed by atoms with van der Waals surface area (Å²) in [5.74, 6) is 1.96. The zero-order valence-corrected chi connectivity index (χ0v) is 20.6. The van der Waals surface area contributed by atoms with Crippen molar-refractivity contribution in [2.75, 3.05) is 6.61 Å². The quantitative estimate of drug-likeness (QED) is 0.424. The van der Waals surface area contributed by atoms with Crippen LogP contribution in [0, 0.1) is 12.8 Å². The number of ether oxygens (including phenoxy) is 2. The minimum atomic E-state index is -0.746. The van der Waals surface area contributed by atoms with Gasteiger partial charge in [-0.1, -0.05) is 37.8 Å². The highest BCUT2D eigenvalue weighted by Crippen LogP contribution is 2.35. The van der Waals surface area contributed by atoms with Crippen LogP contribution in [-0.4, -0.2) is 22.3 Å². The molecule has 1 aromatic heterocycles. The second kappa shape index (κ2) is 10.8. The van der Waals surface area contributed by atoms with E-state index in [1.54, 1.807) is 13.8 Å². The van der Waals surface area contributed by atoms with Gasteiger partial charge in [-0.2, -0.15) is 0 Å². The van der Waals surface area contributed by atoms with Gasteiger partial charge in [0.25, 0.3) is 0 Å². The zero-order chi connectivity index (χ0) is 24.0. The lowest BCUT2D eigenvalue weighted by molar-refractivity contribution is 0.0547. The number of allylic oxidation sites excluding steroid dienone is 4. The Morgan fingerprint density at radius 1 is 1.21 bits per heavy atom. The number of nitrogens with zero attached hydrogens (tertiary/aromatic N) is 1. The highest BCUT2D eigenvalue weighted by Gasteiger charge is 2.20. The molecule has 1 aliphatic carbocycles. The molecule has 0 aliphatic heterocycles. The van der Waals surface area contributed by atoms with E-state index in [1.165, 1.54) is 11.1 Å². The summed E-state index contributed by atoms with van der Waals surface area (Å²) in [4.78, 5) is 4.59. The lowest BCUT2D eigenvalue weighted by Crippen LogP contribution is -2.22. The number of benzene rings is 1. The molecule has 4 heteroatoms. The molecule has 176 valence electrons. The molecule has 1 atom stereocenters. The summed E-state index contributed by atoms with van der Waals surface area (Å²) in [6.07, 6.45) is 7.06. The number of hydrogen-bond acceptors (Lipinski definition) is 4. The molecule has 0 saturated heterocycles. The Labute approximate surface area is 198 Å². The van der Waals surface area contributed by atoms with E-state index in [9.17, 15) is 5.11 Å². The van der Waals surface area contributed by atoms with Gasteiger partial charge in [-0.05, 0) is 86.9 Å². The third-order valence-corrected chi connectivity index (χ3v) is 5.92. The first kappa shape index (κ1) is 24.8. The summed E-state index contributed by atoms with van der Waals surface area (Å²) >= 11 is 0. The van der Waals surface area contributed by atoms with Gasteiger partial charge < -0.3 is 14.6 Å². The second-order valence-corrected chi connectivity index (χ2v) is 9.65. The van der Waals surface area contributed by atoms with Crippen molar-refractivity contribution >= 4 is 0 Å². The molecule has 1 aliphatic rings. The SMILES string of the molecule is C=C(/C=C1/CC(C)C/C1=C/C)OCc1cccc(-c2ccc(OCCC(C)(C)O)nc2C)c1. The number of rotatable bonds is 9. The summed E-state index contributed by atoms with van der Waals surface area (Å²) < 4.78 is 11.7. The Bertz CT molecular complexity index is 1040. The van der Waals surface area contributed by atoms with Gasteiger partial charge in [0.05, 0.1) is 12.2 Å². The molecule has 1 aromatic carbocycles. The summed E-state index contributed by atoms with van der Waals surface area (Å²) in [5.41, 5.74) is 6.14. The molecular formula is C29H37NO3.